The van der Waals surface area contributed by atoms with Gasteiger partial charge >= 0.3 is 0 Å². The molecule has 34 heavy (non-hydrogen) atoms. The Labute approximate surface area is 201 Å². The van der Waals surface area contributed by atoms with Gasteiger partial charge in [0.25, 0.3) is 11.8 Å². The summed E-state index contributed by atoms with van der Waals surface area (Å²) in [5, 5.41) is 2.83. The van der Waals surface area contributed by atoms with Crippen molar-refractivity contribution in [2.75, 3.05) is 29.0 Å². The van der Waals surface area contributed by atoms with Crippen molar-refractivity contribution in [2.24, 2.45) is 0 Å². The van der Waals surface area contributed by atoms with E-state index in [9.17, 15) is 18.0 Å². The van der Waals surface area contributed by atoms with Gasteiger partial charge in [-0.1, -0.05) is 42.5 Å². The summed E-state index contributed by atoms with van der Waals surface area (Å²) in [7, 11) is -3.49. The van der Waals surface area contributed by atoms with Gasteiger partial charge in [-0.15, -0.1) is 0 Å². The highest BCUT2D eigenvalue weighted by Crippen LogP contribution is 2.21. The largest absolute Gasteiger partial charge is 0.339 e. The molecule has 0 fully saturated rings. The SMILES string of the molecule is CCN(CC)C(=O)c1ccccc1NC(=O)c1ccc(CN(c2ccccc2)S(C)(=O)=O)cc1. The normalized spacial score (nSPS) is 11.0. The number of hydrogen-bond acceptors (Lipinski definition) is 4. The molecule has 3 aromatic rings. The molecule has 0 bridgehead atoms. The zero-order chi connectivity index (χ0) is 24.7. The Kier molecular flexibility index (Phi) is 8.07. The minimum absolute atomic E-state index is 0.141. The highest BCUT2D eigenvalue weighted by atomic mass is 32.2. The molecule has 0 spiro atoms. The second-order valence-electron chi connectivity index (χ2n) is 7.78. The van der Waals surface area contributed by atoms with Crippen LogP contribution in [0.4, 0.5) is 11.4 Å². The molecule has 0 aliphatic carbocycles. The zero-order valence-corrected chi connectivity index (χ0v) is 20.4. The van der Waals surface area contributed by atoms with Crippen LogP contribution in [0.5, 0.6) is 0 Å². The van der Waals surface area contributed by atoms with Gasteiger partial charge in [-0.25, -0.2) is 8.42 Å². The number of para-hydroxylation sites is 2. The lowest BCUT2D eigenvalue weighted by Crippen LogP contribution is -2.31. The molecule has 0 atom stereocenters. The third-order valence-electron chi connectivity index (χ3n) is 5.44. The lowest BCUT2D eigenvalue weighted by atomic mass is 10.1. The van der Waals surface area contributed by atoms with Crippen LogP contribution in [0.3, 0.4) is 0 Å². The Bertz CT molecular complexity index is 1240. The van der Waals surface area contributed by atoms with Crippen LogP contribution in [-0.2, 0) is 16.6 Å². The molecule has 3 rings (SSSR count). The fraction of sp³-hybridized carbons (Fsp3) is 0.231. The maximum Gasteiger partial charge on any atom is 0.255 e. The Morgan fingerprint density at radius 3 is 2.00 bits per heavy atom. The number of carbonyl (C=O) groups excluding carboxylic acids is 2. The van der Waals surface area contributed by atoms with E-state index < -0.39 is 10.0 Å². The average molecular weight is 480 g/mol. The summed E-state index contributed by atoms with van der Waals surface area (Å²) < 4.78 is 26.0. The second-order valence-corrected chi connectivity index (χ2v) is 9.69. The molecule has 0 aliphatic rings. The van der Waals surface area contributed by atoms with Crippen LogP contribution in [0.15, 0.2) is 78.9 Å². The molecule has 0 aliphatic heterocycles. The average Bonchev–Trinajstić information content (AvgIpc) is 2.83. The third kappa shape index (κ3) is 6.02. The number of anilines is 2. The van der Waals surface area contributed by atoms with Gasteiger partial charge in [0.05, 0.1) is 29.7 Å². The molecule has 178 valence electrons. The van der Waals surface area contributed by atoms with Gasteiger partial charge in [-0.3, -0.25) is 13.9 Å². The first-order valence-electron chi connectivity index (χ1n) is 11.1. The summed E-state index contributed by atoms with van der Waals surface area (Å²) in [5.74, 6) is -0.493. The van der Waals surface area contributed by atoms with Crippen molar-refractivity contribution in [1.29, 1.82) is 0 Å². The van der Waals surface area contributed by atoms with Crippen LogP contribution in [0.1, 0.15) is 40.1 Å². The molecule has 8 heteroatoms. The van der Waals surface area contributed by atoms with E-state index in [-0.39, 0.29) is 18.4 Å². The molecule has 0 unspecified atom stereocenters. The monoisotopic (exact) mass is 479 g/mol. The van der Waals surface area contributed by atoms with Gasteiger partial charge in [-0.05, 0) is 55.8 Å². The summed E-state index contributed by atoms with van der Waals surface area (Å²) in [6, 6.07) is 22.5. The Hall–Kier alpha value is -3.65. The summed E-state index contributed by atoms with van der Waals surface area (Å²) in [5.41, 5.74) is 2.59. The highest BCUT2D eigenvalue weighted by molar-refractivity contribution is 7.92. The van der Waals surface area contributed by atoms with E-state index in [4.69, 9.17) is 0 Å². The minimum atomic E-state index is -3.49. The fourth-order valence-corrected chi connectivity index (χ4v) is 4.46. The van der Waals surface area contributed by atoms with Crippen LogP contribution in [0, 0.1) is 0 Å². The van der Waals surface area contributed by atoms with Crippen LogP contribution in [0.2, 0.25) is 0 Å². The lowest BCUT2D eigenvalue weighted by molar-refractivity contribution is 0.0774. The van der Waals surface area contributed by atoms with Gasteiger partial charge in [0.1, 0.15) is 0 Å². The number of benzene rings is 3. The molecule has 0 saturated carbocycles. The van der Waals surface area contributed by atoms with E-state index in [1.165, 1.54) is 10.6 Å². The smallest absolute Gasteiger partial charge is 0.255 e. The van der Waals surface area contributed by atoms with Gasteiger partial charge in [-0.2, -0.15) is 0 Å². The van der Waals surface area contributed by atoms with Gasteiger partial charge in [0, 0.05) is 18.7 Å². The third-order valence-corrected chi connectivity index (χ3v) is 6.58. The number of rotatable bonds is 9. The zero-order valence-electron chi connectivity index (χ0n) is 19.6. The summed E-state index contributed by atoms with van der Waals surface area (Å²) >= 11 is 0. The Morgan fingerprint density at radius 2 is 1.41 bits per heavy atom. The number of sulfonamides is 1. The van der Waals surface area contributed by atoms with Gasteiger partial charge in [0.2, 0.25) is 10.0 Å². The van der Waals surface area contributed by atoms with E-state index in [0.717, 1.165) is 5.56 Å². The second kappa shape index (κ2) is 11.0. The van der Waals surface area contributed by atoms with Crippen molar-refractivity contribution in [1.82, 2.24) is 4.90 Å². The summed E-state index contributed by atoms with van der Waals surface area (Å²) in [4.78, 5) is 27.4. The number of hydrogen-bond donors (Lipinski definition) is 1. The maximum absolute atomic E-state index is 12.9. The van der Waals surface area contributed by atoms with Crippen molar-refractivity contribution >= 4 is 33.2 Å². The van der Waals surface area contributed by atoms with E-state index in [2.05, 4.69) is 5.32 Å². The quantitative estimate of drug-likeness (QED) is 0.493. The van der Waals surface area contributed by atoms with E-state index in [1.54, 1.807) is 77.7 Å². The van der Waals surface area contributed by atoms with Crippen LogP contribution < -0.4 is 9.62 Å². The van der Waals surface area contributed by atoms with Crippen molar-refractivity contribution in [3.63, 3.8) is 0 Å². The molecule has 0 radical (unpaired) electrons. The van der Waals surface area contributed by atoms with E-state index in [1.807, 2.05) is 19.9 Å². The van der Waals surface area contributed by atoms with Gasteiger partial charge in [0.15, 0.2) is 0 Å². The van der Waals surface area contributed by atoms with Crippen molar-refractivity contribution in [2.45, 2.75) is 20.4 Å². The first kappa shape index (κ1) is 25.0. The molecular weight excluding hydrogens is 450 g/mol. The number of nitrogens with zero attached hydrogens (tertiary/aromatic N) is 2. The topological polar surface area (TPSA) is 86.8 Å². The number of amides is 2. The Balaban J connectivity index is 1.77. The van der Waals surface area contributed by atoms with E-state index >= 15 is 0 Å². The molecule has 3 aromatic carbocycles. The number of nitrogens with one attached hydrogen (secondary N) is 1. The molecular formula is C26H29N3O4S. The van der Waals surface area contributed by atoms with Crippen molar-refractivity contribution < 1.29 is 18.0 Å². The van der Waals surface area contributed by atoms with Crippen molar-refractivity contribution in [3.05, 3.63) is 95.6 Å². The van der Waals surface area contributed by atoms with E-state index in [0.29, 0.717) is 35.6 Å². The predicted molar refractivity (Wildman–Crippen MR) is 136 cm³/mol. The Morgan fingerprint density at radius 1 is 0.824 bits per heavy atom. The summed E-state index contributed by atoms with van der Waals surface area (Å²) in [6.07, 6.45) is 1.17. The molecule has 2 amide bonds. The molecule has 0 aromatic heterocycles. The molecule has 0 saturated heterocycles. The lowest BCUT2D eigenvalue weighted by Gasteiger charge is -2.22. The first-order valence-corrected chi connectivity index (χ1v) is 12.9. The summed E-state index contributed by atoms with van der Waals surface area (Å²) in [6.45, 7) is 5.12. The maximum atomic E-state index is 12.9. The molecule has 1 N–H and O–H groups in total. The molecule has 0 heterocycles. The first-order chi connectivity index (χ1) is 16.2. The van der Waals surface area contributed by atoms with Crippen molar-refractivity contribution in [3.8, 4) is 0 Å². The van der Waals surface area contributed by atoms with Crippen LogP contribution >= 0.6 is 0 Å². The standard InChI is InChI=1S/C26H29N3O4S/c1-4-28(5-2)26(31)23-13-9-10-14-24(23)27-25(30)21-17-15-20(16-18-21)19-29(34(3,32)33)22-11-7-6-8-12-22/h6-18H,4-5,19H2,1-3H3,(H,27,30). The predicted octanol–water partition coefficient (Wildman–Crippen LogP) is 4.39. The fourth-order valence-electron chi connectivity index (χ4n) is 3.58. The van der Waals surface area contributed by atoms with Gasteiger partial charge < -0.3 is 10.2 Å². The highest BCUT2D eigenvalue weighted by Gasteiger charge is 2.19. The van der Waals surface area contributed by atoms with Crippen LogP contribution in [-0.4, -0.2) is 44.5 Å². The molecule has 7 nitrogen and oxygen atoms in total. The minimum Gasteiger partial charge on any atom is -0.339 e. The van der Waals surface area contributed by atoms with Crippen LogP contribution in [0.25, 0.3) is 0 Å². The number of carbonyl (C=O) groups is 2.